The number of carboxylic acid groups (broad SMARTS) is 1. The highest BCUT2D eigenvalue weighted by atomic mass is 79.9. The van der Waals surface area contributed by atoms with Crippen molar-refractivity contribution in [1.29, 1.82) is 0 Å². The third-order valence-corrected chi connectivity index (χ3v) is 2.33. The molecule has 0 saturated carbocycles. The van der Waals surface area contributed by atoms with E-state index in [0.29, 0.717) is 0 Å². The van der Waals surface area contributed by atoms with E-state index in [4.69, 9.17) is 10.8 Å². The number of hydrogen-bond donors (Lipinski definition) is 2. The molecule has 3 N–H and O–H groups in total. The maximum atomic E-state index is 10.7. The molecule has 1 atom stereocenters. The zero-order valence-corrected chi connectivity index (χ0v) is 8.49. The molecule has 0 radical (unpaired) electrons. The molecule has 0 saturated heterocycles. The molecule has 0 heterocycles. The second-order valence-electron chi connectivity index (χ2n) is 2.68. The van der Waals surface area contributed by atoms with Crippen LogP contribution in [0.15, 0.2) is 28.7 Å². The summed E-state index contributed by atoms with van der Waals surface area (Å²) in [5.41, 5.74) is 6.09. The molecule has 1 rings (SSSR count). The number of rotatable bonds is 3. The molecule has 13 heavy (non-hydrogen) atoms. The van der Waals surface area contributed by atoms with Crippen molar-refractivity contribution in [2.45, 2.75) is 5.92 Å². The molecular formula is C9H10BrNO2. The standard InChI is InChI=1S/C9H10BrNO2/c10-7-3-1-6(2-4-7)8(5-11)9(12)13/h1-4,8H,5,11H2,(H,12,13). The van der Waals surface area contributed by atoms with Crippen LogP contribution >= 0.6 is 15.9 Å². The van der Waals surface area contributed by atoms with Crippen molar-refractivity contribution in [2.75, 3.05) is 6.54 Å². The van der Waals surface area contributed by atoms with Gasteiger partial charge in [-0.1, -0.05) is 28.1 Å². The van der Waals surface area contributed by atoms with Crippen LogP contribution in [0.3, 0.4) is 0 Å². The van der Waals surface area contributed by atoms with Crippen LogP contribution in [0.1, 0.15) is 11.5 Å². The lowest BCUT2D eigenvalue weighted by molar-refractivity contribution is -0.138. The predicted octanol–water partition coefficient (Wildman–Crippen LogP) is 1.58. The second-order valence-corrected chi connectivity index (χ2v) is 3.59. The van der Waals surface area contributed by atoms with Gasteiger partial charge in [0.1, 0.15) is 0 Å². The summed E-state index contributed by atoms with van der Waals surface area (Å²) < 4.78 is 0.928. The summed E-state index contributed by atoms with van der Waals surface area (Å²) >= 11 is 3.27. The molecule has 0 fully saturated rings. The molecule has 0 bridgehead atoms. The van der Waals surface area contributed by atoms with Gasteiger partial charge in [0.25, 0.3) is 0 Å². The fourth-order valence-electron chi connectivity index (χ4n) is 1.07. The average Bonchev–Trinajstić information content (AvgIpc) is 2.09. The van der Waals surface area contributed by atoms with Crippen LogP contribution in [0.5, 0.6) is 0 Å². The second kappa shape index (κ2) is 4.39. The van der Waals surface area contributed by atoms with Gasteiger partial charge in [-0.2, -0.15) is 0 Å². The highest BCUT2D eigenvalue weighted by Gasteiger charge is 2.16. The van der Waals surface area contributed by atoms with Crippen molar-refractivity contribution < 1.29 is 9.90 Å². The number of halogens is 1. The van der Waals surface area contributed by atoms with Crippen molar-refractivity contribution in [3.8, 4) is 0 Å². The summed E-state index contributed by atoms with van der Waals surface area (Å²) in [6.45, 7) is 0.122. The first-order valence-corrected chi connectivity index (χ1v) is 4.62. The maximum absolute atomic E-state index is 10.7. The number of carbonyl (C=O) groups is 1. The predicted molar refractivity (Wildman–Crippen MR) is 53.6 cm³/mol. The van der Waals surface area contributed by atoms with E-state index in [1.807, 2.05) is 0 Å². The van der Waals surface area contributed by atoms with E-state index in [-0.39, 0.29) is 6.54 Å². The molecule has 1 aromatic carbocycles. The van der Waals surface area contributed by atoms with Gasteiger partial charge in [0.15, 0.2) is 0 Å². The summed E-state index contributed by atoms with van der Waals surface area (Å²) in [5, 5.41) is 8.80. The van der Waals surface area contributed by atoms with E-state index < -0.39 is 11.9 Å². The van der Waals surface area contributed by atoms with Crippen LogP contribution in [-0.4, -0.2) is 17.6 Å². The van der Waals surface area contributed by atoms with Crippen molar-refractivity contribution >= 4 is 21.9 Å². The molecule has 1 unspecified atom stereocenters. The normalized spacial score (nSPS) is 12.5. The van der Waals surface area contributed by atoms with Crippen LogP contribution < -0.4 is 5.73 Å². The van der Waals surface area contributed by atoms with Gasteiger partial charge in [-0.25, -0.2) is 0 Å². The Hall–Kier alpha value is -0.870. The van der Waals surface area contributed by atoms with Gasteiger partial charge in [0.05, 0.1) is 5.92 Å². The molecule has 0 amide bonds. The average molecular weight is 244 g/mol. The molecule has 0 aliphatic carbocycles. The van der Waals surface area contributed by atoms with Crippen LogP contribution in [-0.2, 0) is 4.79 Å². The Balaban J connectivity index is 2.92. The monoisotopic (exact) mass is 243 g/mol. The Bertz CT molecular complexity index is 297. The maximum Gasteiger partial charge on any atom is 0.312 e. The van der Waals surface area contributed by atoms with Gasteiger partial charge >= 0.3 is 5.97 Å². The number of carboxylic acids is 1. The lowest BCUT2D eigenvalue weighted by Gasteiger charge is -2.09. The fourth-order valence-corrected chi connectivity index (χ4v) is 1.34. The molecule has 0 spiro atoms. The van der Waals surface area contributed by atoms with Gasteiger partial charge in [0.2, 0.25) is 0 Å². The van der Waals surface area contributed by atoms with Crippen molar-refractivity contribution in [3.63, 3.8) is 0 Å². The fraction of sp³-hybridized carbons (Fsp3) is 0.222. The Labute approximate surface area is 84.7 Å². The number of aliphatic carboxylic acids is 1. The minimum absolute atomic E-state index is 0.122. The van der Waals surface area contributed by atoms with Gasteiger partial charge < -0.3 is 10.8 Å². The zero-order chi connectivity index (χ0) is 9.84. The van der Waals surface area contributed by atoms with Crippen LogP contribution in [0.25, 0.3) is 0 Å². The topological polar surface area (TPSA) is 63.3 Å². The van der Waals surface area contributed by atoms with Crippen molar-refractivity contribution in [3.05, 3.63) is 34.3 Å². The lowest BCUT2D eigenvalue weighted by atomic mass is 10.00. The van der Waals surface area contributed by atoms with E-state index in [1.165, 1.54) is 0 Å². The molecule has 0 aliphatic rings. The molecule has 1 aromatic rings. The summed E-state index contributed by atoms with van der Waals surface area (Å²) in [6.07, 6.45) is 0. The van der Waals surface area contributed by atoms with Crippen LogP contribution in [0.4, 0.5) is 0 Å². The summed E-state index contributed by atoms with van der Waals surface area (Å²) in [7, 11) is 0. The summed E-state index contributed by atoms with van der Waals surface area (Å²) in [4.78, 5) is 10.7. The van der Waals surface area contributed by atoms with Gasteiger partial charge in [-0.3, -0.25) is 4.79 Å². The first-order chi connectivity index (χ1) is 6.15. The highest BCUT2D eigenvalue weighted by molar-refractivity contribution is 9.10. The highest BCUT2D eigenvalue weighted by Crippen LogP contribution is 2.17. The number of nitrogens with two attached hydrogens (primary N) is 1. The Morgan fingerprint density at radius 2 is 2.00 bits per heavy atom. The van der Waals surface area contributed by atoms with Gasteiger partial charge in [-0.15, -0.1) is 0 Å². The van der Waals surface area contributed by atoms with Crippen LogP contribution in [0.2, 0.25) is 0 Å². The molecule has 70 valence electrons. The molecule has 3 nitrogen and oxygen atoms in total. The molecule has 0 aromatic heterocycles. The van der Waals surface area contributed by atoms with E-state index in [1.54, 1.807) is 24.3 Å². The Morgan fingerprint density at radius 3 is 2.38 bits per heavy atom. The minimum Gasteiger partial charge on any atom is -0.481 e. The first kappa shape index (κ1) is 10.2. The summed E-state index contributed by atoms with van der Waals surface area (Å²) in [5.74, 6) is -1.49. The Morgan fingerprint density at radius 1 is 1.46 bits per heavy atom. The molecule has 0 aliphatic heterocycles. The minimum atomic E-state index is -0.884. The molecular weight excluding hydrogens is 234 g/mol. The summed E-state index contributed by atoms with van der Waals surface area (Å²) in [6, 6.07) is 7.13. The van der Waals surface area contributed by atoms with Crippen molar-refractivity contribution in [1.82, 2.24) is 0 Å². The Kier molecular flexibility index (Phi) is 3.45. The third kappa shape index (κ3) is 2.54. The smallest absolute Gasteiger partial charge is 0.312 e. The van der Waals surface area contributed by atoms with E-state index in [9.17, 15) is 4.79 Å². The largest absolute Gasteiger partial charge is 0.481 e. The SMILES string of the molecule is NCC(C(=O)O)c1ccc(Br)cc1. The van der Waals surface area contributed by atoms with E-state index >= 15 is 0 Å². The molecule has 4 heteroatoms. The first-order valence-electron chi connectivity index (χ1n) is 3.83. The zero-order valence-electron chi connectivity index (χ0n) is 6.90. The lowest BCUT2D eigenvalue weighted by Crippen LogP contribution is -2.20. The third-order valence-electron chi connectivity index (χ3n) is 1.81. The van der Waals surface area contributed by atoms with E-state index in [0.717, 1.165) is 10.0 Å². The van der Waals surface area contributed by atoms with Gasteiger partial charge in [0, 0.05) is 11.0 Å². The number of hydrogen-bond acceptors (Lipinski definition) is 2. The van der Waals surface area contributed by atoms with Gasteiger partial charge in [-0.05, 0) is 17.7 Å². The quantitative estimate of drug-likeness (QED) is 0.848. The van der Waals surface area contributed by atoms with Crippen LogP contribution in [0, 0.1) is 0 Å². The number of benzene rings is 1. The van der Waals surface area contributed by atoms with Crippen molar-refractivity contribution in [2.24, 2.45) is 5.73 Å². The van der Waals surface area contributed by atoms with E-state index in [2.05, 4.69) is 15.9 Å².